The molecule has 2 N–H and O–H groups in total. The highest BCUT2D eigenvalue weighted by molar-refractivity contribution is 9.10. The summed E-state index contributed by atoms with van der Waals surface area (Å²) in [6.07, 6.45) is 0. The van der Waals surface area contributed by atoms with E-state index < -0.39 is 10.0 Å². The molecule has 0 heterocycles. The Morgan fingerprint density at radius 1 is 0.926 bits per heavy atom. The number of hydrogen-bond donors (Lipinski definition) is 2. The lowest BCUT2D eigenvalue weighted by atomic mass is 10.2. The highest BCUT2D eigenvalue weighted by Crippen LogP contribution is 2.25. The minimum atomic E-state index is -3.86. The molecule has 3 aromatic carbocycles. The number of carbonyl (C=O) groups excluding carboxylic acids is 1. The van der Waals surface area contributed by atoms with E-state index in [2.05, 4.69) is 26.0 Å². The normalized spacial score (nSPS) is 11.0. The van der Waals surface area contributed by atoms with Gasteiger partial charge in [0.05, 0.1) is 15.6 Å². The number of amides is 1. The molecule has 0 fully saturated rings. The predicted molar refractivity (Wildman–Crippen MR) is 111 cm³/mol. The van der Waals surface area contributed by atoms with Gasteiger partial charge in [0, 0.05) is 15.7 Å². The lowest BCUT2D eigenvalue weighted by Gasteiger charge is -2.11. The average Bonchev–Trinajstić information content (AvgIpc) is 2.64. The molecule has 0 aliphatic heterocycles. The average molecular weight is 466 g/mol. The van der Waals surface area contributed by atoms with Crippen LogP contribution in [-0.2, 0) is 10.0 Å². The fraction of sp³-hybridized carbons (Fsp3) is 0. The van der Waals surface area contributed by atoms with Gasteiger partial charge in [0.25, 0.3) is 15.9 Å². The molecule has 138 valence electrons. The van der Waals surface area contributed by atoms with Crippen molar-refractivity contribution in [2.24, 2.45) is 0 Å². The van der Waals surface area contributed by atoms with Crippen molar-refractivity contribution < 1.29 is 13.2 Å². The van der Waals surface area contributed by atoms with Crippen molar-refractivity contribution in [1.82, 2.24) is 0 Å². The van der Waals surface area contributed by atoms with Gasteiger partial charge in [0.15, 0.2) is 0 Å². The zero-order valence-corrected chi connectivity index (χ0v) is 17.0. The number of carbonyl (C=O) groups is 1. The minimum Gasteiger partial charge on any atom is -0.322 e. The monoisotopic (exact) mass is 464 g/mol. The third-order valence-corrected chi connectivity index (χ3v) is 5.85. The smallest absolute Gasteiger partial charge is 0.262 e. The lowest BCUT2D eigenvalue weighted by Crippen LogP contribution is -2.15. The van der Waals surface area contributed by atoms with Crippen LogP contribution in [0.1, 0.15) is 10.4 Å². The fourth-order valence-corrected chi connectivity index (χ4v) is 3.92. The molecule has 0 bridgehead atoms. The Balaban J connectivity index is 1.81. The van der Waals surface area contributed by atoms with E-state index in [0.717, 1.165) is 4.47 Å². The van der Waals surface area contributed by atoms with Gasteiger partial charge in [-0.3, -0.25) is 9.52 Å². The number of nitrogens with one attached hydrogen (secondary N) is 2. The van der Waals surface area contributed by atoms with Crippen molar-refractivity contribution >= 4 is 54.8 Å². The van der Waals surface area contributed by atoms with Crippen molar-refractivity contribution in [2.75, 3.05) is 10.0 Å². The molecule has 0 atom stereocenters. The van der Waals surface area contributed by atoms with E-state index >= 15 is 0 Å². The molecule has 0 spiro atoms. The third-order valence-electron chi connectivity index (χ3n) is 3.63. The Bertz CT molecular complexity index is 1090. The summed E-state index contributed by atoms with van der Waals surface area (Å²) in [6, 6.07) is 19.4. The van der Waals surface area contributed by atoms with Crippen LogP contribution in [-0.4, -0.2) is 14.3 Å². The molecule has 0 unspecified atom stereocenters. The maximum Gasteiger partial charge on any atom is 0.262 e. The van der Waals surface area contributed by atoms with Crippen LogP contribution in [0.4, 0.5) is 11.4 Å². The van der Waals surface area contributed by atoms with Gasteiger partial charge in [0.1, 0.15) is 0 Å². The van der Waals surface area contributed by atoms with Gasteiger partial charge < -0.3 is 5.32 Å². The minimum absolute atomic E-state index is 0.0102. The second-order valence-electron chi connectivity index (χ2n) is 5.57. The second kappa shape index (κ2) is 8.12. The van der Waals surface area contributed by atoms with Crippen molar-refractivity contribution in [2.45, 2.75) is 4.90 Å². The quantitative estimate of drug-likeness (QED) is 0.547. The second-order valence-corrected chi connectivity index (χ2v) is 8.58. The van der Waals surface area contributed by atoms with E-state index in [4.69, 9.17) is 11.6 Å². The van der Waals surface area contributed by atoms with Gasteiger partial charge in [-0.15, -0.1) is 0 Å². The molecule has 0 saturated heterocycles. The summed E-state index contributed by atoms with van der Waals surface area (Å²) in [4.78, 5) is 12.3. The number of anilines is 2. The first kappa shape index (κ1) is 19.4. The first-order valence-electron chi connectivity index (χ1n) is 7.79. The van der Waals surface area contributed by atoms with Crippen LogP contribution < -0.4 is 10.0 Å². The molecular weight excluding hydrogens is 452 g/mol. The van der Waals surface area contributed by atoms with Crippen LogP contribution in [0, 0.1) is 0 Å². The van der Waals surface area contributed by atoms with E-state index in [9.17, 15) is 13.2 Å². The zero-order chi connectivity index (χ0) is 19.4. The molecule has 0 radical (unpaired) electrons. The van der Waals surface area contributed by atoms with Gasteiger partial charge in [-0.05, 0) is 54.6 Å². The summed E-state index contributed by atoms with van der Waals surface area (Å²) in [5.41, 5.74) is 1.11. The van der Waals surface area contributed by atoms with E-state index in [1.54, 1.807) is 60.7 Å². The van der Waals surface area contributed by atoms with E-state index in [1.165, 1.54) is 12.1 Å². The Morgan fingerprint density at radius 3 is 2.33 bits per heavy atom. The third kappa shape index (κ3) is 4.88. The standard InChI is InChI=1S/C19H14BrClN2O3S/c20-14-10-8-13(9-11-14)19(24)22-15-4-3-5-16(12-15)27(25,26)23-18-7-2-1-6-17(18)21/h1-12,23H,(H,22,24). The maximum absolute atomic E-state index is 12.6. The summed E-state index contributed by atoms with van der Waals surface area (Å²) in [5.74, 6) is -0.337. The number of halogens is 2. The van der Waals surface area contributed by atoms with Crippen LogP contribution in [0.5, 0.6) is 0 Å². The van der Waals surface area contributed by atoms with E-state index in [1.807, 2.05) is 0 Å². The first-order chi connectivity index (χ1) is 12.8. The number of para-hydroxylation sites is 1. The molecule has 0 aromatic heterocycles. The Morgan fingerprint density at radius 2 is 1.63 bits per heavy atom. The summed E-state index contributed by atoms with van der Waals surface area (Å²) >= 11 is 9.32. The summed E-state index contributed by atoms with van der Waals surface area (Å²) < 4.78 is 28.5. The molecule has 0 aliphatic rings. The van der Waals surface area contributed by atoms with Crippen LogP contribution in [0.2, 0.25) is 5.02 Å². The molecule has 0 saturated carbocycles. The van der Waals surface area contributed by atoms with Gasteiger partial charge in [-0.2, -0.15) is 0 Å². The highest BCUT2D eigenvalue weighted by Gasteiger charge is 2.16. The maximum atomic E-state index is 12.6. The molecule has 3 aromatic rings. The van der Waals surface area contributed by atoms with Crippen LogP contribution in [0.3, 0.4) is 0 Å². The molecule has 3 rings (SSSR count). The molecule has 8 heteroatoms. The lowest BCUT2D eigenvalue weighted by molar-refractivity contribution is 0.102. The zero-order valence-electron chi connectivity index (χ0n) is 13.8. The van der Waals surface area contributed by atoms with E-state index in [-0.39, 0.29) is 16.5 Å². The van der Waals surface area contributed by atoms with E-state index in [0.29, 0.717) is 16.3 Å². The SMILES string of the molecule is O=C(Nc1cccc(S(=O)(=O)Nc2ccccc2Cl)c1)c1ccc(Br)cc1. The summed E-state index contributed by atoms with van der Waals surface area (Å²) in [5, 5.41) is 2.99. The Labute approximate surface area is 170 Å². The molecule has 27 heavy (non-hydrogen) atoms. The number of sulfonamides is 1. The number of benzene rings is 3. The van der Waals surface area contributed by atoms with Gasteiger partial charge in [0.2, 0.25) is 0 Å². The summed E-state index contributed by atoms with van der Waals surface area (Å²) in [7, 11) is -3.86. The topological polar surface area (TPSA) is 75.3 Å². The molecule has 1 amide bonds. The Kier molecular flexibility index (Phi) is 5.84. The van der Waals surface area contributed by atoms with Crippen molar-refractivity contribution in [3.63, 3.8) is 0 Å². The van der Waals surface area contributed by atoms with Gasteiger partial charge >= 0.3 is 0 Å². The first-order valence-corrected chi connectivity index (χ1v) is 10.4. The van der Waals surface area contributed by atoms with Crippen molar-refractivity contribution in [3.8, 4) is 0 Å². The summed E-state index contributed by atoms with van der Waals surface area (Å²) in [6.45, 7) is 0. The molecular formula is C19H14BrClN2O3S. The van der Waals surface area contributed by atoms with Crippen LogP contribution in [0.15, 0.2) is 82.2 Å². The molecule has 0 aliphatic carbocycles. The van der Waals surface area contributed by atoms with Crippen molar-refractivity contribution in [3.05, 3.63) is 87.9 Å². The van der Waals surface area contributed by atoms with Gasteiger partial charge in [-0.25, -0.2) is 8.42 Å². The highest BCUT2D eigenvalue weighted by atomic mass is 79.9. The number of hydrogen-bond acceptors (Lipinski definition) is 3. The molecule has 5 nitrogen and oxygen atoms in total. The van der Waals surface area contributed by atoms with Crippen LogP contribution >= 0.6 is 27.5 Å². The largest absolute Gasteiger partial charge is 0.322 e. The van der Waals surface area contributed by atoms with Crippen molar-refractivity contribution in [1.29, 1.82) is 0 Å². The number of rotatable bonds is 5. The van der Waals surface area contributed by atoms with Gasteiger partial charge in [-0.1, -0.05) is 45.7 Å². The predicted octanol–water partition coefficient (Wildman–Crippen LogP) is 5.16. The fourth-order valence-electron chi connectivity index (χ4n) is 2.29. The Hall–Kier alpha value is -2.35. The van der Waals surface area contributed by atoms with Crippen LogP contribution in [0.25, 0.3) is 0 Å².